The average Bonchev–Trinajstić information content (AvgIpc) is 2.37. The van der Waals surface area contributed by atoms with E-state index in [9.17, 15) is 0 Å². The van der Waals surface area contributed by atoms with Crippen LogP contribution in [0.25, 0.3) is 0 Å². The van der Waals surface area contributed by atoms with Gasteiger partial charge in [0.2, 0.25) is 0 Å². The van der Waals surface area contributed by atoms with Gasteiger partial charge in [-0.25, -0.2) is 9.97 Å². The van der Waals surface area contributed by atoms with Gasteiger partial charge in [-0.15, -0.1) is 0 Å². The number of aromatic nitrogens is 2. The monoisotopic (exact) mass is 284 g/mol. The molecule has 108 valence electrons. The Morgan fingerprint density at radius 2 is 1.74 bits per heavy atom. The molecule has 0 aliphatic rings. The van der Waals surface area contributed by atoms with E-state index in [1.54, 1.807) is 0 Å². The predicted octanol–water partition coefficient (Wildman–Crippen LogP) is 2.78. The molecule has 0 atom stereocenters. The molecule has 0 aromatic carbocycles. The van der Waals surface area contributed by atoms with Crippen molar-refractivity contribution in [1.82, 2.24) is 14.9 Å². The Morgan fingerprint density at radius 3 is 2.26 bits per heavy atom. The SMILES string of the molecule is CCCN(CCN(C)C)c1nc(CC)nc(Cl)c1C. The van der Waals surface area contributed by atoms with Crippen LogP contribution in [0.3, 0.4) is 0 Å². The first-order valence-corrected chi connectivity index (χ1v) is 7.30. The molecule has 0 amide bonds. The second kappa shape index (κ2) is 7.65. The molecule has 0 aliphatic heterocycles. The molecular weight excluding hydrogens is 260 g/mol. The Hall–Kier alpha value is -0.870. The second-order valence-electron chi connectivity index (χ2n) is 5.02. The third-order valence-electron chi connectivity index (χ3n) is 3.03. The standard InChI is InChI=1S/C14H25ClN4/c1-6-8-19(10-9-18(4)5)14-11(3)13(15)16-12(7-2)17-14/h6-10H2,1-5H3. The molecule has 0 radical (unpaired) electrons. The lowest BCUT2D eigenvalue weighted by Gasteiger charge is -2.26. The zero-order valence-corrected chi connectivity index (χ0v) is 13.5. The molecule has 1 aromatic rings. The summed E-state index contributed by atoms with van der Waals surface area (Å²) in [6, 6.07) is 0. The fourth-order valence-corrected chi connectivity index (χ4v) is 2.08. The molecule has 1 heterocycles. The summed E-state index contributed by atoms with van der Waals surface area (Å²) in [6.45, 7) is 9.18. The highest BCUT2D eigenvalue weighted by Gasteiger charge is 2.15. The quantitative estimate of drug-likeness (QED) is 0.721. The minimum Gasteiger partial charge on any atom is -0.355 e. The highest BCUT2D eigenvalue weighted by Crippen LogP contribution is 2.23. The second-order valence-corrected chi connectivity index (χ2v) is 5.38. The van der Waals surface area contributed by atoms with E-state index in [1.807, 2.05) is 6.92 Å². The first kappa shape index (κ1) is 16.2. The van der Waals surface area contributed by atoms with Crippen LogP contribution in [0.1, 0.15) is 31.7 Å². The van der Waals surface area contributed by atoms with Crippen molar-refractivity contribution in [3.8, 4) is 0 Å². The molecule has 0 N–H and O–H groups in total. The first-order valence-electron chi connectivity index (χ1n) is 6.92. The summed E-state index contributed by atoms with van der Waals surface area (Å²) in [7, 11) is 4.17. The van der Waals surface area contributed by atoms with Gasteiger partial charge >= 0.3 is 0 Å². The topological polar surface area (TPSA) is 32.3 Å². The number of likely N-dealkylation sites (N-methyl/N-ethyl adjacent to an activating group) is 1. The number of aryl methyl sites for hydroxylation is 1. The van der Waals surface area contributed by atoms with Crippen molar-refractivity contribution in [3.63, 3.8) is 0 Å². The van der Waals surface area contributed by atoms with E-state index in [1.165, 1.54) is 0 Å². The molecule has 0 unspecified atom stereocenters. The highest BCUT2D eigenvalue weighted by atomic mass is 35.5. The van der Waals surface area contributed by atoms with Crippen LogP contribution < -0.4 is 4.90 Å². The molecule has 1 rings (SSSR count). The summed E-state index contributed by atoms with van der Waals surface area (Å²) in [5, 5.41) is 0.577. The van der Waals surface area contributed by atoms with Gasteiger partial charge in [0.15, 0.2) is 0 Å². The van der Waals surface area contributed by atoms with Gasteiger partial charge in [-0.3, -0.25) is 0 Å². The summed E-state index contributed by atoms with van der Waals surface area (Å²) < 4.78 is 0. The van der Waals surface area contributed by atoms with Crippen LogP contribution in [0.15, 0.2) is 0 Å². The minimum absolute atomic E-state index is 0.577. The van der Waals surface area contributed by atoms with E-state index in [0.29, 0.717) is 5.15 Å². The smallest absolute Gasteiger partial charge is 0.137 e. The number of hydrogen-bond donors (Lipinski definition) is 0. The summed E-state index contributed by atoms with van der Waals surface area (Å²) in [5.74, 6) is 1.80. The van der Waals surface area contributed by atoms with E-state index in [-0.39, 0.29) is 0 Å². The average molecular weight is 285 g/mol. The van der Waals surface area contributed by atoms with Gasteiger partial charge in [0.25, 0.3) is 0 Å². The van der Waals surface area contributed by atoms with Gasteiger partial charge in [0.05, 0.1) is 0 Å². The molecule has 1 aromatic heterocycles. The molecule has 0 bridgehead atoms. The van der Waals surface area contributed by atoms with Crippen molar-refractivity contribution >= 4 is 17.4 Å². The number of nitrogens with zero attached hydrogens (tertiary/aromatic N) is 4. The van der Waals surface area contributed by atoms with Crippen LogP contribution in [-0.2, 0) is 6.42 Å². The Labute approximate surface area is 121 Å². The minimum atomic E-state index is 0.577. The summed E-state index contributed by atoms with van der Waals surface area (Å²) in [6.07, 6.45) is 1.90. The lowest BCUT2D eigenvalue weighted by molar-refractivity contribution is 0.412. The van der Waals surface area contributed by atoms with Gasteiger partial charge in [-0.2, -0.15) is 0 Å². The fraction of sp³-hybridized carbons (Fsp3) is 0.714. The molecule has 5 heteroatoms. The van der Waals surface area contributed by atoms with E-state index in [4.69, 9.17) is 11.6 Å². The van der Waals surface area contributed by atoms with Crippen LogP contribution >= 0.6 is 11.6 Å². The predicted molar refractivity (Wildman–Crippen MR) is 82.2 cm³/mol. The normalized spacial score (nSPS) is 11.1. The van der Waals surface area contributed by atoms with Crippen LogP contribution in [0.2, 0.25) is 5.15 Å². The maximum Gasteiger partial charge on any atom is 0.137 e. The third-order valence-corrected chi connectivity index (χ3v) is 3.40. The van der Waals surface area contributed by atoms with Gasteiger partial charge in [0, 0.05) is 31.6 Å². The number of halogens is 1. The highest BCUT2D eigenvalue weighted by molar-refractivity contribution is 6.30. The van der Waals surface area contributed by atoms with E-state index < -0.39 is 0 Å². The molecule has 19 heavy (non-hydrogen) atoms. The zero-order valence-electron chi connectivity index (χ0n) is 12.7. The van der Waals surface area contributed by atoms with Gasteiger partial charge in [-0.1, -0.05) is 25.4 Å². The maximum atomic E-state index is 6.22. The molecule has 0 saturated carbocycles. The lowest BCUT2D eigenvalue weighted by atomic mass is 10.2. The number of rotatable bonds is 7. The van der Waals surface area contributed by atoms with E-state index in [0.717, 1.165) is 49.7 Å². The van der Waals surface area contributed by atoms with Crippen molar-refractivity contribution in [2.24, 2.45) is 0 Å². The summed E-state index contributed by atoms with van der Waals surface area (Å²) in [4.78, 5) is 13.5. The Bertz CT molecular complexity index is 407. The molecular formula is C14H25ClN4. The van der Waals surface area contributed by atoms with E-state index >= 15 is 0 Å². The molecule has 0 saturated heterocycles. The van der Waals surface area contributed by atoms with Crippen LogP contribution in [0.5, 0.6) is 0 Å². The molecule has 4 nitrogen and oxygen atoms in total. The Balaban J connectivity index is 3.02. The van der Waals surface area contributed by atoms with E-state index in [2.05, 4.69) is 47.7 Å². The molecule has 0 aliphatic carbocycles. The van der Waals surface area contributed by atoms with Crippen molar-refractivity contribution < 1.29 is 0 Å². The maximum absolute atomic E-state index is 6.22. The van der Waals surface area contributed by atoms with Crippen LogP contribution in [-0.4, -0.2) is 48.6 Å². The fourth-order valence-electron chi connectivity index (χ4n) is 1.90. The molecule has 0 spiro atoms. The summed E-state index contributed by atoms with van der Waals surface area (Å²) in [5.41, 5.74) is 0.978. The number of anilines is 1. The lowest BCUT2D eigenvalue weighted by Crippen LogP contribution is -2.33. The Morgan fingerprint density at radius 1 is 1.05 bits per heavy atom. The van der Waals surface area contributed by atoms with Crippen molar-refractivity contribution in [3.05, 3.63) is 16.5 Å². The van der Waals surface area contributed by atoms with Gasteiger partial charge in [0.1, 0.15) is 16.8 Å². The van der Waals surface area contributed by atoms with Crippen molar-refractivity contribution in [2.45, 2.75) is 33.6 Å². The third kappa shape index (κ3) is 4.62. The van der Waals surface area contributed by atoms with Gasteiger partial charge < -0.3 is 9.80 Å². The van der Waals surface area contributed by atoms with Crippen LogP contribution in [0.4, 0.5) is 5.82 Å². The van der Waals surface area contributed by atoms with Crippen LogP contribution in [0, 0.1) is 6.92 Å². The Kier molecular flexibility index (Phi) is 6.52. The van der Waals surface area contributed by atoms with Gasteiger partial charge in [-0.05, 0) is 27.4 Å². The first-order chi connectivity index (χ1) is 8.99. The summed E-state index contributed by atoms with van der Waals surface area (Å²) >= 11 is 6.22. The number of hydrogen-bond acceptors (Lipinski definition) is 4. The zero-order chi connectivity index (χ0) is 14.4. The van der Waals surface area contributed by atoms with Crippen molar-refractivity contribution in [1.29, 1.82) is 0 Å². The molecule has 0 fully saturated rings. The van der Waals surface area contributed by atoms with Crippen molar-refractivity contribution in [2.75, 3.05) is 38.6 Å². The largest absolute Gasteiger partial charge is 0.355 e.